The van der Waals surface area contributed by atoms with Crippen LogP contribution in [0.3, 0.4) is 0 Å². The zero-order chi connectivity index (χ0) is 15.2. The number of nitrogens with zero attached hydrogens (tertiary/aromatic N) is 2. The molecule has 1 aliphatic heterocycles. The van der Waals surface area contributed by atoms with Crippen LogP contribution in [0.15, 0.2) is 24.3 Å². The summed E-state index contributed by atoms with van der Waals surface area (Å²) in [5.74, 6) is 1.29. The van der Waals surface area contributed by atoms with Crippen LogP contribution in [-0.4, -0.2) is 56.0 Å². The molecule has 2 rings (SSSR count). The van der Waals surface area contributed by atoms with E-state index in [1.54, 1.807) is 29.2 Å². The number of likely N-dealkylation sites (tertiary alicyclic amines) is 1. The van der Waals surface area contributed by atoms with Crippen LogP contribution in [0.2, 0.25) is 0 Å². The molecule has 2 N–H and O–H groups in total. The van der Waals surface area contributed by atoms with Crippen molar-refractivity contribution >= 4 is 11.6 Å². The third kappa shape index (κ3) is 4.93. The number of benzene rings is 1. The van der Waals surface area contributed by atoms with Gasteiger partial charge in [0.15, 0.2) is 6.61 Å². The van der Waals surface area contributed by atoms with E-state index in [2.05, 4.69) is 11.9 Å². The van der Waals surface area contributed by atoms with Gasteiger partial charge in [0.2, 0.25) is 0 Å². The zero-order valence-electron chi connectivity index (χ0n) is 12.9. The molecule has 0 aromatic heterocycles. The van der Waals surface area contributed by atoms with Crippen LogP contribution in [0.4, 0.5) is 5.69 Å². The Bertz CT molecular complexity index is 453. The number of ether oxygens (including phenoxy) is 1. The van der Waals surface area contributed by atoms with Crippen LogP contribution < -0.4 is 10.5 Å². The van der Waals surface area contributed by atoms with Gasteiger partial charge in [0, 0.05) is 19.3 Å². The fourth-order valence-electron chi connectivity index (χ4n) is 2.55. The summed E-state index contributed by atoms with van der Waals surface area (Å²) in [5.41, 5.74) is 6.30. The van der Waals surface area contributed by atoms with E-state index >= 15 is 0 Å². The Kier molecular flexibility index (Phi) is 5.44. The van der Waals surface area contributed by atoms with Gasteiger partial charge in [0.1, 0.15) is 5.75 Å². The Morgan fingerprint density at radius 2 is 1.95 bits per heavy atom. The summed E-state index contributed by atoms with van der Waals surface area (Å²) in [5, 5.41) is 0. The second-order valence-corrected chi connectivity index (χ2v) is 5.88. The minimum atomic E-state index is 0.0192. The summed E-state index contributed by atoms with van der Waals surface area (Å²) in [4.78, 5) is 16.2. The number of nitrogens with two attached hydrogens (primary N) is 1. The molecule has 0 bridgehead atoms. The van der Waals surface area contributed by atoms with Gasteiger partial charge in [0.05, 0.1) is 0 Å². The van der Waals surface area contributed by atoms with Gasteiger partial charge >= 0.3 is 0 Å². The highest BCUT2D eigenvalue weighted by molar-refractivity contribution is 5.77. The molecule has 1 amide bonds. The molecule has 1 heterocycles. The van der Waals surface area contributed by atoms with Gasteiger partial charge in [-0.2, -0.15) is 0 Å². The molecular formula is C16H25N3O2. The second kappa shape index (κ2) is 7.31. The van der Waals surface area contributed by atoms with Gasteiger partial charge < -0.3 is 20.3 Å². The average molecular weight is 291 g/mol. The standard InChI is InChI=1S/C16H25N3O2/c1-18-9-7-13(8-10-18)11-19(2)16(20)12-21-15-5-3-14(17)4-6-15/h3-6,13H,7-12,17H2,1-2H3. The molecule has 0 unspecified atom stereocenters. The molecule has 1 aromatic rings. The lowest BCUT2D eigenvalue weighted by molar-refractivity contribution is -0.132. The van der Waals surface area contributed by atoms with Crippen molar-refractivity contribution in [3.63, 3.8) is 0 Å². The van der Waals surface area contributed by atoms with Crippen LogP contribution in [0.5, 0.6) is 5.75 Å². The summed E-state index contributed by atoms with van der Waals surface area (Å²) in [6, 6.07) is 7.09. The molecule has 0 spiro atoms. The van der Waals surface area contributed by atoms with Gasteiger partial charge in [0.25, 0.3) is 5.91 Å². The SMILES string of the molecule is CN1CCC(CN(C)C(=O)COc2ccc(N)cc2)CC1. The van der Waals surface area contributed by atoms with Crippen molar-refractivity contribution in [3.8, 4) is 5.75 Å². The maximum Gasteiger partial charge on any atom is 0.260 e. The van der Waals surface area contributed by atoms with E-state index in [1.807, 2.05) is 7.05 Å². The molecule has 1 aliphatic rings. The third-order valence-corrected chi connectivity index (χ3v) is 4.04. The van der Waals surface area contributed by atoms with E-state index < -0.39 is 0 Å². The molecule has 1 saturated heterocycles. The highest BCUT2D eigenvalue weighted by Crippen LogP contribution is 2.17. The Hall–Kier alpha value is -1.75. The fraction of sp³-hybridized carbons (Fsp3) is 0.562. The second-order valence-electron chi connectivity index (χ2n) is 5.88. The molecule has 5 nitrogen and oxygen atoms in total. The summed E-state index contributed by atoms with van der Waals surface area (Å²) in [7, 11) is 4.00. The predicted molar refractivity (Wildman–Crippen MR) is 84.2 cm³/mol. The summed E-state index contributed by atoms with van der Waals surface area (Å²) in [6.45, 7) is 3.13. The third-order valence-electron chi connectivity index (χ3n) is 4.04. The fourth-order valence-corrected chi connectivity index (χ4v) is 2.55. The lowest BCUT2D eigenvalue weighted by Crippen LogP contribution is -2.39. The highest BCUT2D eigenvalue weighted by Gasteiger charge is 2.20. The molecule has 1 fully saturated rings. The maximum absolute atomic E-state index is 12.1. The average Bonchev–Trinajstić information content (AvgIpc) is 2.48. The number of amides is 1. The van der Waals surface area contributed by atoms with Gasteiger partial charge in [-0.15, -0.1) is 0 Å². The molecule has 1 aromatic carbocycles. The molecule has 5 heteroatoms. The topological polar surface area (TPSA) is 58.8 Å². The first-order chi connectivity index (χ1) is 10.0. The van der Waals surface area contributed by atoms with E-state index in [9.17, 15) is 4.79 Å². The largest absolute Gasteiger partial charge is 0.484 e. The van der Waals surface area contributed by atoms with Crippen molar-refractivity contribution in [2.75, 3.05) is 46.1 Å². The van der Waals surface area contributed by atoms with E-state index in [0.29, 0.717) is 17.4 Å². The van der Waals surface area contributed by atoms with E-state index in [0.717, 1.165) is 32.5 Å². The van der Waals surface area contributed by atoms with Crippen LogP contribution in [0.1, 0.15) is 12.8 Å². The summed E-state index contributed by atoms with van der Waals surface area (Å²) >= 11 is 0. The van der Waals surface area contributed by atoms with Gasteiger partial charge in [-0.05, 0) is 63.2 Å². The Labute approximate surface area is 126 Å². The van der Waals surface area contributed by atoms with Crippen LogP contribution in [0, 0.1) is 5.92 Å². The number of piperidine rings is 1. The number of rotatable bonds is 5. The molecular weight excluding hydrogens is 266 g/mol. The highest BCUT2D eigenvalue weighted by atomic mass is 16.5. The zero-order valence-corrected chi connectivity index (χ0v) is 12.9. The number of hydrogen-bond acceptors (Lipinski definition) is 4. The number of hydrogen-bond donors (Lipinski definition) is 1. The van der Waals surface area contributed by atoms with E-state index in [-0.39, 0.29) is 12.5 Å². The molecule has 0 radical (unpaired) electrons. The van der Waals surface area contributed by atoms with Crippen molar-refractivity contribution < 1.29 is 9.53 Å². The van der Waals surface area contributed by atoms with Gasteiger partial charge in [-0.1, -0.05) is 0 Å². The first kappa shape index (κ1) is 15.6. The number of anilines is 1. The lowest BCUT2D eigenvalue weighted by Gasteiger charge is -2.31. The number of carbonyl (C=O) groups is 1. The Morgan fingerprint density at radius 1 is 1.33 bits per heavy atom. The monoisotopic (exact) mass is 291 g/mol. The van der Waals surface area contributed by atoms with Gasteiger partial charge in [-0.3, -0.25) is 4.79 Å². The summed E-state index contributed by atoms with van der Waals surface area (Å²) < 4.78 is 5.50. The molecule has 0 aliphatic carbocycles. The number of carbonyl (C=O) groups excluding carboxylic acids is 1. The van der Waals surface area contributed by atoms with Crippen molar-refractivity contribution in [1.29, 1.82) is 0 Å². The van der Waals surface area contributed by atoms with Gasteiger partial charge in [-0.25, -0.2) is 0 Å². The van der Waals surface area contributed by atoms with Crippen LogP contribution in [-0.2, 0) is 4.79 Å². The Balaban J connectivity index is 1.73. The van der Waals surface area contributed by atoms with Crippen molar-refractivity contribution in [2.24, 2.45) is 5.92 Å². The first-order valence-electron chi connectivity index (χ1n) is 7.45. The number of likely N-dealkylation sites (N-methyl/N-ethyl adjacent to an activating group) is 1. The maximum atomic E-state index is 12.1. The lowest BCUT2D eigenvalue weighted by atomic mass is 9.97. The minimum Gasteiger partial charge on any atom is -0.484 e. The predicted octanol–water partition coefficient (Wildman–Crippen LogP) is 1.45. The van der Waals surface area contributed by atoms with E-state index in [4.69, 9.17) is 10.5 Å². The first-order valence-corrected chi connectivity index (χ1v) is 7.45. The minimum absolute atomic E-state index is 0.0192. The van der Waals surface area contributed by atoms with Crippen molar-refractivity contribution in [1.82, 2.24) is 9.80 Å². The molecule has 0 saturated carbocycles. The molecule has 116 valence electrons. The van der Waals surface area contributed by atoms with Crippen molar-refractivity contribution in [3.05, 3.63) is 24.3 Å². The molecule has 21 heavy (non-hydrogen) atoms. The quantitative estimate of drug-likeness (QED) is 0.834. The van der Waals surface area contributed by atoms with E-state index in [1.165, 1.54) is 0 Å². The Morgan fingerprint density at radius 3 is 2.57 bits per heavy atom. The normalized spacial score (nSPS) is 16.7. The number of nitrogen functional groups attached to an aromatic ring is 1. The van der Waals surface area contributed by atoms with Crippen molar-refractivity contribution in [2.45, 2.75) is 12.8 Å². The van der Waals surface area contributed by atoms with Crippen LogP contribution in [0.25, 0.3) is 0 Å². The van der Waals surface area contributed by atoms with Crippen LogP contribution >= 0.6 is 0 Å². The molecule has 0 atom stereocenters. The summed E-state index contributed by atoms with van der Waals surface area (Å²) in [6.07, 6.45) is 2.32. The smallest absolute Gasteiger partial charge is 0.260 e.